The third-order valence-electron chi connectivity index (χ3n) is 1.96. The number of halogens is 3. The number of benzene rings is 1. The Balaban J connectivity index is 3.07. The van der Waals surface area contributed by atoms with Crippen LogP contribution in [0.1, 0.15) is 23.7 Å². The van der Waals surface area contributed by atoms with Gasteiger partial charge < -0.3 is 5.73 Å². The number of rotatable bonds is 3. The third kappa shape index (κ3) is 2.26. The van der Waals surface area contributed by atoms with Crippen molar-refractivity contribution in [2.45, 2.75) is 19.5 Å². The van der Waals surface area contributed by atoms with Gasteiger partial charge in [0, 0.05) is 0 Å². The van der Waals surface area contributed by atoms with Crippen LogP contribution in [0.2, 0.25) is 0 Å². The lowest BCUT2D eigenvalue weighted by atomic mass is 10.0. The zero-order valence-corrected chi connectivity index (χ0v) is 7.86. The van der Waals surface area contributed by atoms with Crippen molar-refractivity contribution in [3.05, 3.63) is 34.9 Å². The maximum absolute atomic E-state index is 13.2. The smallest absolute Gasteiger partial charge is 0.132 e. The van der Waals surface area contributed by atoms with Crippen LogP contribution < -0.4 is 5.73 Å². The van der Waals surface area contributed by atoms with Crippen LogP contribution >= 0.6 is 0 Å². The summed E-state index contributed by atoms with van der Waals surface area (Å²) in [5.41, 5.74) is 5.03. The fourth-order valence-electron chi connectivity index (χ4n) is 1.30. The Hall–Kier alpha value is -1.03. The first-order valence-electron chi connectivity index (χ1n) is 4.36. The van der Waals surface area contributed by atoms with Crippen molar-refractivity contribution in [3.63, 3.8) is 0 Å². The summed E-state index contributed by atoms with van der Waals surface area (Å²) < 4.78 is 39.6. The summed E-state index contributed by atoms with van der Waals surface area (Å²) in [6.45, 7) is 1.61. The van der Waals surface area contributed by atoms with Crippen LogP contribution in [-0.4, -0.2) is 6.54 Å². The SMILES string of the molecule is Cc1cc(F)c(C(F)CCN)c(F)c1. The van der Waals surface area contributed by atoms with Crippen molar-refractivity contribution in [1.29, 1.82) is 0 Å². The molecule has 0 saturated carbocycles. The molecule has 1 aromatic carbocycles. The van der Waals surface area contributed by atoms with E-state index in [-0.39, 0.29) is 13.0 Å². The van der Waals surface area contributed by atoms with Gasteiger partial charge in [-0.3, -0.25) is 0 Å². The monoisotopic (exact) mass is 203 g/mol. The molecule has 1 aromatic rings. The number of hydrogen-bond acceptors (Lipinski definition) is 1. The lowest BCUT2D eigenvalue weighted by molar-refractivity contribution is 0.306. The fourth-order valence-corrected chi connectivity index (χ4v) is 1.30. The molecule has 14 heavy (non-hydrogen) atoms. The molecule has 1 unspecified atom stereocenters. The molecule has 78 valence electrons. The zero-order valence-electron chi connectivity index (χ0n) is 7.86. The van der Waals surface area contributed by atoms with E-state index in [1.54, 1.807) is 6.92 Å². The molecule has 2 N–H and O–H groups in total. The van der Waals surface area contributed by atoms with E-state index >= 15 is 0 Å². The molecule has 1 rings (SSSR count). The molecule has 0 spiro atoms. The Morgan fingerprint density at radius 1 is 1.29 bits per heavy atom. The van der Waals surface area contributed by atoms with Gasteiger partial charge in [0.2, 0.25) is 0 Å². The predicted molar refractivity (Wildman–Crippen MR) is 48.6 cm³/mol. The van der Waals surface area contributed by atoms with E-state index in [0.717, 1.165) is 12.1 Å². The molecule has 0 bridgehead atoms. The van der Waals surface area contributed by atoms with Crippen molar-refractivity contribution in [2.75, 3.05) is 6.54 Å². The molecular weight excluding hydrogens is 191 g/mol. The van der Waals surface area contributed by atoms with Crippen molar-refractivity contribution in [3.8, 4) is 0 Å². The summed E-state index contributed by atoms with van der Waals surface area (Å²) in [6.07, 6.45) is -1.74. The first-order valence-corrected chi connectivity index (χ1v) is 4.36. The highest BCUT2D eigenvalue weighted by Crippen LogP contribution is 2.27. The van der Waals surface area contributed by atoms with E-state index < -0.39 is 23.4 Å². The Kier molecular flexibility index (Phi) is 3.52. The van der Waals surface area contributed by atoms with Crippen LogP contribution in [0.3, 0.4) is 0 Å². The van der Waals surface area contributed by atoms with Gasteiger partial charge in [-0.25, -0.2) is 13.2 Å². The van der Waals surface area contributed by atoms with Gasteiger partial charge in [0.15, 0.2) is 0 Å². The van der Waals surface area contributed by atoms with Gasteiger partial charge in [-0.15, -0.1) is 0 Å². The van der Waals surface area contributed by atoms with Gasteiger partial charge in [-0.2, -0.15) is 0 Å². The van der Waals surface area contributed by atoms with Crippen molar-refractivity contribution in [1.82, 2.24) is 0 Å². The average molecular weight is 203 g/mol. The lowest BCUT2D eigenvalue weighted by Crippen LogP contribution is -2.07. The minimum Gasteiger partial charge on any atom is -0.330 e. The largest absolute Gasteiger partial charge is 0.330 e. The average Bonchev–Trinajstić information content (AvgIpc) is 2.01. The number of nitrogens with two attached hydrogens (primary N) is 1. The summed E-state index contributed by atoms with van der Waals surface area (Å²) in [4.78, 5) is 0. The van der Waals surface area contributed by atoms with E-state index in [1.165, 1.54) is 0 Å². The molecular formula is C10H12F3N. The minimum absolute atomic E-state index is 0.0634. The molecule has 0 aliphatic rings. The summed E-state index contributed by atoms with van der Waals surface area (Å²) in [5, 5.41) is 0. The Morgan fingerprint density at radius 2 is 1.79 bits per heavy atom. The molecule has 0 fully saturated rings. The van der Waals surface area contributed by atoms with Crippen molar-refractivity contribution < 1.29 is 13.2 Å². The predicted octanol–water partition coefficient (Wildman–Crippen LogP) is 2.63. The lowest BCUT2D eigenvalue weighted by Gasteiger charge is -2.10. The second-order valence-electron chi connectivity index (χ2n) is 3.19. The van der Waals surface area contributed by atoms with E-state index in [1.807, 2.05) is 0 Å². The van der Waals surface area contributed by atoms with Crippen LogP contribution in [0.15, 0.2) is 12.1 Å². The molecule has 0 radical (unpaired) electrons. The van der Waals surface area contributed by atoms with Crippen molar-refractivity contribution in [2.24, 2.45) is 5.73 Å². The Morgan fingerprint density at radius 3 is 2.21 bits per heavy atom. The van der Waals surface area contributed by atoms with Gasteiger partial charge in [0.1, 0.15) is 17.8 Å². The minimum atomic E-state index is -1.67. The normalized spacial score (nSPS) is 12.9. The van der Waals surface area contributed by atoms with Crippen LogP contribution in [0.25, 0.3) is 0 Å². The van der Waals surface area contributed by atoms with E-state index in [4.69, 9.17) is 5.73 Å². The summed E-state index contributed by atoms with van der Waals surface area (Å²) in [5.74, 6) is -1.69. The molecule has 1 nitrogen and oxygen atoms in total. The van der Waals surface area contributed by atoms with Crippen LogP contribution in [0.5, 0.6) is 0 Å². The van der Waals surface area contributed by atoms with Crippen LogP contribution in [0, 0.1) is 18.6 Å². The van der Waals surface area contributed by atoms with Crippen molar-refractivity contribution >= 4 is 0 Å². The Bertz CT molecular complexity index is 302. The second-order valence-corrected chi connectivity index (χ2v) is 3.19. The van der Waals surface area contributed by atoms with E-state index in [9.17, 15) is 13.2 Å². The van der Waals surface area contributed by atoms with E-state index in [0.29, 0.717) is 5.56 Å². The summed E-state index contributed by atoms with van der Waals surface area (Å²) >= 11 is 0. The van der Waals surface area contributed by atoms with Gasteiger partial charge in [-0.05, 0) is 37.6 Å². The number of hydrogen-bond donors (Lipinski definition) is 1. The topological polar surface area (TPSA) is 26.0 Å². The number of aryl methyl sites for hydroxylation is 1. The van der Waals surface area contributed by atoms with Crippen LogP contribution in [-0.2, 0) is 0 Å². The summed E-state index contributed by atoms with van der Waals surface area (Å²) in [6, 6.07) is 2.23. The zero-order chi connectivity index (χ0) is 10.7. The fraction of sp³-hybridized carbons (Fsp3) is 0.400. The molecule has 0 aliphatic carbocycles. The highest BCUT2D eigenvalue weighted by Gasteiger charge is 2.19. The quantitative estimate of drug-likeness (QED) is 0.802. The molecule has 0 aliphatic heterocycles. The van der Waals surface area contributed by atoms with E-state index in [2.05, 4.69) is 0 Å². The van der Waals surface area contributed by atoms with Gasteiger partial charge >= 0.3 is 0 Å². The molecule has 4 heteroatoms. The Labute approximate surface area is 80.7 Å². The van der Waals surface area contributed by atoms with Gasteiger partial charge in [0.25, 0.3) is 0 Å². The molecule has 0 saturated heterocycles. The first kappa shape index (κ1) is 11.0. The van der Waals surface area contributed by atoms with Gasteiger partial charge in [0.05, 0.1) is 5.56 Å². The molecule has 1 atom stereocenters. The molecule has 0 heterocycles. The van der Waals surface area contributed by atoms with Gasteiger partial charge in [-0.1, -0.05) is 0 Å². The third-order valence-corrected chi connectivity index (χ3v) is 1.96. The number of alkyl halides is 1. The maximum atomic E-state index is 13.2. The highest BCUT2D eigenvalue weighted by molar-refractivity contribution is 5.27. The summed E-state index contributed by atoms with van der Waals surface area (Å²) in [7, 11) is 0. The second kappa shape index (κ2) is 4.46. The van der Waals surface area contributed by atoms with Crippen LogP contribution in [0.4, 0.5) is 13.2 Å². The molecule has 0 aromatic heterocycles. The maximum Gasteiger partial charge on any atom is 0.132 e. The standard InChI is InChI=1S/C10H12F3N/c1-6-4-8(12)10(9(13)5-6)7(11)2-3-14/h4-5,7H,2-3,14H2,1H3. The first-order chi connectivity index (χ1) is 6.56. The molecule has 0 amide bonds. The highest BCUT2D eigenvalue weighted by atomic mass is 19.2.